The lowest BCUT2D eigenvalue weighted by molar-refractivity contribution is 0.200. The second-order valence-corrected chi connectivity index (χ2v) is 8.00. The Bertz CT molecular complexity index is 1010. The van der Waals surface area contributed by atoms with Crippen molar-refractivity contribution in [1.29, 1.82) is 5.41 Å². The van der Waals surface area contributed by atoms with Crippen molar-refractivity contribution in [2.45, 2.75) is 44.2 Å². The van der Waals surface area contributed by atoms with Crippen LogP contribution in [0, 0.1) is 5.41 Å². The van der Waals surface area contributed by atoms with Gasteiger partial charge in [0.15, 0.2) is 0 Å². The third kappa shape index (κ3) is 4.99. The van der Waals surface area contributed by atoms with Crippen LogP contribution in [0.15, 0.2) is 67.3 Å². The molecule has 2 aliphatic rings. The van der Waals surface area contributed by atoms with Crippen LogP contribution in [0.25, 0.3) is 11.1 Å². The second kappa shape index (κ2) is 9.55. The molecule has 0 radical (unpaired) electrons. The fourth-order valence-corrected chi connectivity index (χ4v) is 3.87. The fourth-order valence-electron chi connectivity index (χ4n) is 3.87. The molecule has 5 rings (SSSR count). The van der Waals surface area contributed by atoms with E-state index in [1.165, 1.54) is 6.42 Å². The smallest absolute Gasteiger partial charge is 0.323 e. The summed E-state index contributed by atoms with van der Waals surface area (Å²) in [6.07, 6.45) is 12.3. The van der Waals surface area contributed by atoms with Crippen LogP contribution >= 0.6 is 0 Å². The Labute approximate surface area is 182 Å². The molecular weight excluding hydrogens is 388 g/mol. The van der Waals surface area contributed by atoms with E-state index in [0.717, 1.165) is 36.0 Å². The minimum atomic E-state index is -0.0962. The van der Waals surface area contributed by atoms with Crippen molar-refractivity contribution >= 4 is 11.9 Å². The lowest BCUT2D eigenvalue weighted by Crippen LogP contribution is -2.48. The predicted molar refractivity (Wildman–Crippen MR) is 121 cm³/mol. The number of nitrogens with one attached hydrogen (secondary N) is 2. The number of pyridine rings is 1. The van der Waals surface area contributed by atoms with Crippen LogP contribution < -0.4 is 5.32 Å². The number of aryl methyl sites for hydroxylation is 1. The van der Waals surface area contributed by atoms with E-state index < -0.39 is 0 Å². The van der Waals surface area contributed by atoms with Gasteiger partial charge in [-0.25, -0.2) is 4.79 Å². The molecule has 0 spiro atoms. The number of nitrogens with zero attached hydrogens (tertiary/aromatic N) is 4. The monoisotopic (exact) mass is 416 g/mol. The van der Waals surface area contributed by atoms with Crippen molar-refractivity contribution in [1.82, 2.24) is 25.0 Å². The first-order chi connectivity index (χ1) is 15.1. The zero-order valence-corrected chi connectivity index (χ0v) is 17.7. The van der Waals surface area contributed by atoms with Gasteiger partial charge < -0.3 is 5.32 Å². The number of carbonyl (C=O) groups excluding carboxylic acids is 1. The minimum absolute atomic E-state index is 0.0220. The highest BCUT2D eigenvalue weighted by Gasteiger charge is 2.35. The molecule has 0 bridgehead atoms. The highest BCUT2D eigenvalue weighted by atomic mass is 16.2. The van der Waals surface area contributed by atoms with Crippen LogP contribution in [-0.4, -0.2) is 37.6 Å². The maximum Gasteiger partial charge on any atom is 0.323 e. The molecule has 2 aromatic heterocycles. The Morgan fingerprint density at radius 1 is 1.06 bits per heavy atom. The summed E-state index contributed by atoms with van der Waals surface area (Å²) in [6.45, 7) is 0. The molecule has 1 atom stereocenters. The lowest BCUT2D eigenvalue weighted by Gasteiger charge is -2.31. The number of amidine groups is 1. The average molecular weight is 417 g/mol. The standard InChI is InChI=1S/C15H19N3O.C9H9N3/c16-14-10-9-13(11-5-2-1-3-6-11)18(14)15(19)17-12-7-4-8-12;1-12-7-9(6-11-12)8-3-2-4-10-5-8/h1-3,5-6,12-13,16H,4,7-10H2,(H,17,19);2-7H,1H3. The van der Waals surface area contributed by atoms with Crippen LogP contribution in [0.1, 0.15) is 43.7 Å². The van der Waals surface area contributed by atoms with E-state index in [0.29, 0.717) is 18.3 Å². The summed E-state index contributed by atoms with van der Waals surface area (Å²) in [4.78, 5) is 18.0. The van der Waals surface area contributed by atoms with Crippen molar-refractivity contribution in [2.75, 3.05) is 0 Å². The summed E-state index contributed by atoms with van der Waals surface area (Å²) in [6, 6.07) is 14.2. The van der Waals surface area contributed by atoms with E-state index in [4.69, 9.17) is 5.41 Å². The first-order valence-electron chi connectivity index (χ1n) is 10.7. The lowest BCUT2D eigenvalue weighted by atomic mass is 9.93. The molecule has 1 saturated heterocycles. The number of hydrogen-bond donors (Lipinski definition) is 2. The summed E-state index contributed by atoms with van der Waals surface area (Å²) in [7, 11) is 1.90. The van der Waals surface area contributed by atoms with Crippen LogP contribution in [0.2, 0.25) is 0 Å². The Morgan fingerprint density at radius 3 is 2.48 bits per heavy atom. The molecule has 160 valence electrons. The quantitative estimate of drug-likeness (QED) is 0.657. The van der Waals surface area contributed by atoms with E-state index in [2.05, 4.69) is 15.4 Å². The van der Waals surface area contributed by atoms with E-state index in [9.17, 15) is 4.79 Å². The number of rotatable bonds is 3. The molecule has 7 nitrogen and oxygen atoms in total. The molecule has 2 N–H and O–H groups in total. The molecule has 1 saturated carbocycles. The molecule has 31 heavy (non-hydrogen) atoms. The molecular formula is C24H28N6O. The van der Waals surface area contributed by atoms with Crippen LogP contribution in [0.4, 0.5) is 4.79 Å². The van der Waals surface area contributed by atoms with Gasteiger partial charge in [0, 0.05) is 49.2 Å². The Kier molecular flexibility index (Phi) is 6.40. The topological polar surface area (TPSA) is 86.9 Å². The van der Waals surface area contributed by atoms with Gasteiger partial charge in [0.25, 0.3) is 0 Å². The molecule has 2 amide bonds. The fraction of sp³-hybridized carbons (Fsp3) is 0.333. The van der Waals surface area contributed by atoms with E-state index in [-0.39, 0.29) is 12.1 Å². The van der Waals surface area contributed by atoms with Crippen molar-refractivity contribution < 1.29 is 4.79 Å². The van der Waals surface area contributed by atoms with Crippen molar-refractivity contribution in [2.24, 2.45) is 7.05 Å². The molecule has 2 fully saturated rings. The van der Waals surface area contributed by atoms with Crippen molar-refractivity contribution in [3.63, 3.8) is 0 Å². The summed E-state index contributed by atoms with van der Waals surface area (Å²) in [5.74, 6) is 0.436. The summed E-state index contributed by atoms with van der Waals surface area (Å²) in [5, 5.41) is 15.1. The van der Waals surface area contributed by atoms with Crippen molar-refractivity contribution in [3.05, 3.63) is 72.8 Å². The maximum atomic E-state index is 12.3. The van der Waals surface area contributed by atoms with Gasteiger partial charge in [-0.3, -0.25) is 20.0 Å². The largest absolute Gasteiger partial charge is 0.335 e. The van der Waals surface area contributed by atoms with Gasteiger partial charge in [0.1, 0.15) is 5.84 Å². The number of carbonyl (C=O) groups is 1. The van der Waals surface area contributed by atoms with Crippen LogP contribution in [-0.2, 0) is 7.05 Å². The van der Waals surface area contributed by atoms with Gasteiger partial charge in [-0.15, -0.1) is 0 Å². The third-order valence-corrected chi connectivity index (χ3v) is 5.79. The molecule has 1 aromatic carbocycles. The molecule has 3 aromatic rings. The first-order valence-corrected chi connectivity index (χ1v) is 10.7. The maximum absolute atomic E-state index is 12.3. The van der Waals surface area contributed by atoms with Gasteiger partial charge in [-0.2, -0.15) is 5.10 Å². The van der Waals surface area contributed by atoms with E-state index in [1.54, 1.807) is 15.8 Å². The predicted octanol–water partition coefficient (Wildman–Crippen LogP) is 4.54. The van der Waals surface area contributed by atoms with E-state index in [1.807, 2.05) is 68.1 Å². The Hall–Kier alpha value is -3.48. The minimum Gasteiger partial charge on any atom is -0.335 e. The first kappa shape index (κ1) is 20.8. The summed E-state index contributed by atoms with van der Waals surface area (Å²) in [5.41, 5.74) is 3.32. The average Bonchev–Trinajstić information content (AvgIpc) is 3.38. The Morgan fingerprint density at radius 2 is 1.87 bits per heavy atom. The number of benzene rings is 1. The van der Waals surface area contributed by atoms with Crippen LogP contribution in [0.5, 0.6) is 0 Å². The number of hydrogen-bond acceptors (Lipinski definition) is 4. The molecule has 1 unspecified atom stereocenters. The molecule has 1 aliphatic carbocycles. The van der Waals surface area contributed by atoms with Crippen LogP contribution in [0.3, 0.4) is 0 Å². The van der Waals surface area contributed by atoms with Gasteiger partial charge >= 0.3 is 6.03 Å². The number of likely N-dealkylation sites (tertiary alicyclic amines) is 1. The summed E-state index contributed by atoms with van der Waals surface area (Å²) < 4.78 is 1.78. The highest BCUT2D eigenvalue weighted by Crippen LogP contribution is 2.33. The molecule has 3 heterocycles. The zero-order valence-electron chi connectivity index (χ0n) is 17.7. The van der Waals surface area contributed by atoms with Crippen molar-refractivity contribution in [3.8, 4) is 11.1 Å². The second-order valence-electron chi connectivity index (χ2n) is 8.00. The van der Waals surface area contributed by atoms with Gasteiger partial charge in [-0.1, -0.05) is 36.4 Å². The molecule has 1 aliphatic heterocycles. The number of urea groups is 1. The highest BCUT2D eigenvalue weighted by molar-refractivity contribution is 5.98. The summed E-state index contributed by atoms with van der Waals surface area (Å²) >= 11 is 0. The van der Waals surface area contributed by atoms with Gasteiger partial charge in [-0.05, 0) is 37.3 Å². The Balaban J connectivity index is 0.000000166. The molecule has 7 heteroatoms. The zero-order chi connectivity index (χ0) is 21.6. The van der Waals surface area contributed by atoms with E-state index >= 15 is 0 Å². The number of aromatic nitrogens is 3. The normalized spacial score (nSPS) is 18.2. The SMILES string of the molecule is Cn1cc(-c2cccnc2)cn1.N=C1CCC(c2ccccc2)N1C(=O)NC1CCC1. The van der Waals surface area contributed by atoms with Gasteiger partial charge in [0.05, 0.1) is 12.2 Å². The third-order valence-electron chi connectivity index (χ3n) is 5.79. The number of amides is 2. The van der Waals surface area contributed by atoms with Gasteiger partial charge in [0.2, 0.25) is 0 Å².